The molecule has 1 N–H and O–H groups in total. The third-order valence-electron chi connectivity index (χ3n) is 5.48. The normalized spacial score (nSPS) is 19.5. The third kappa shape index (κ3) is 4.18. The van der Waals surface area contributed by atoms with E-state index in [2.05, 4.69) is 18.3 Å². The number of hydrogen-bond acceptors (Lipinski definition) is 5. The Balaban J connectivity index is 1.51. The molecule has 9 heteroatoms. The average molecular weight is 450 g/mol. The van der Waals surface area contributed by atoms with Crippen molar-refractivity contribution in [3.63, 3.8) is 0 Å². The summed E-state index contributed by atoms with van der Waals surface area (Å²) in [4.78, 5) is 14.9. The Morgan fingerprint density at radius 3 is 2.70 bits per heavy atom. The standard InChI is InChI=1S/C21H24ClN3O4S/c1-15-12-16-4-2-3-5-20(16)25(15)14-21(26)23-19-13-17(6-7-18(19)22)30(27,28)24-8-10-29-11-9-24/h2-7,13,15H,8-12,14H2,1H3,(H,23,26)/t15-/m1/s1. The maximum atomic E-state index is 12.9. The molecule has 2 aliphatic heterocycles. The van der Waals surface area contributed by atoms with Gasteiger partial charge in [0, 0.05) is 24.8 Å². The smallest absolute Gasteiger partial charge is 0.243 e. The van der Waals surface area contributed by atoms with E-state index in [4.69, 9.17) is 16.3 Å². The van der Waals surface area contributed by atoms with Gasteiger partial charge in [-0.05, 0) is 43.2 Å². The summed E-state index contributed by atoms with van der Waals surface area (Å²) in [7, 11) is -3.68. The minimum Gasteiger partial charge on any atom is -0.379 e. The predicted octanol–water partition coefficient (Wildman–Crippen LogP) is 2.75. The Morgan fingerprint density at radius 1 is 1.20 bits per heavy atom. The first-order valence-corrected chi connectivity index (χ1v) is 11.7. The highest BCUT2D eigenvalue weighted by Gasteiger charge is 2.29. The van der Waals surface area contributed by atoms with Gasteiger partial charge in [-0.2, -0.15) is 4.31 Å². The molecule has 0 unspecified atom stereocenters. The van der Waals surface area contributed by atoms with Gasteiger partial charge < -0.3 is 15.0 Å². The molecule has 0 spiro atoms. The highest BCUT2D eigenvalue weighted by Crippen LogP contribution is 2.32. The van der Waals surface area contributed by atoms with Crippen LogP contribution in [0.1, 0.15) is 12.5 Å². The number of hydrogen-bond donors (Lipinski definition) is 1. The molecule has 7 nitrogen and oxygen atoms in total. The number of morpholine rings is 1. The number of nitrogens with one attached hydrogen (secondary N) is 1. The van der Waals surface area contributed by atoms with Gasteiger partial charge in [-0.25, -0.2) is 8.42 Å². The van der Waals surface area contributed by atoms with Gasteiger partial charge in [-0.3, -0.25) is 4.79 Å². The van der Waals surface area contributed by atoms with Crippen LogP contribution in [0.15, 0.2) is 47.4 Å². The Morgan fingerprint density at radius 2 is 1.93 bits per heavy atom. The summed E-state index contributed by atoms with van der Waals surface area (Å²) in [5.74, 6) is -0.249. The van der Waals surface area contributed by atoms with E-state index < -0.39 is 10.0 Å². The monoisotopic (exact) mass is 449 g/mol. The first kappa shape index (κ1) is 21.1. The van der Waals surface area contributed by atoms with E-state index in [0.29, 0.717) is 31.3 Å². The van der Waals surface area contributed by atoms with E-state index in [0.717, 1.165) is 12.1 Å². The number of nitrogens with zero attached hydrogens (tertiary/aromatic N) is 2. The van der Waals surface area contributed by atoms with E-state index in [1.807, 2.05) is 23.1 Å². The lowest BCUT2D eigenvalue weighted by Gasteiger charge is -2.26. The zero-order valence-electron chi connectivity index (χ0n) is 16.7. The van der Waals surface area contributed by atoms with Crippen LogP contribution >= 0.6 is 11.6 Å². The Hall–Kier alpha value is -2.13. The number of anilines is 2. The van der Waals surface area contributed by atoms with Crippen LogP contribution in [-0.2, 0) is 26.0 Å². The minimum absolute atomic E-state index is 0.101. The molecule has 0 saturated carbocycles. The van der Waals surface area contributed by atoms with Crippen LogP contribution in [0.4, 0.5) is 11.4 Å². The molecule has 0 radical (unpaired) electrons. The highest BCUT2D eigenvalue weighted by molar-refractivity contribution is 7.89. The summed E-state index contributed by atoms with van der Waals surface area (Å²) in [5.41, 5.74) is 2.56. The van der Waals surface area contributed by atoms with E-state index in [1.165, 1.54) is 28.1 Å². The van der Waals surface area contributed by atoms with E-state index in [1.54, 1.807) is 0 Å². The van der Waals surface area contributed by atoms with Crippen molar-refractivity contribution < 1.29 is 17.9 Å². The molecule has 1 fully saturated rings. The van der Waals surface area contributed by atoms with Crippen molar-refractivity contribution in [2.24, 2.45) is 0 Å². The van der Waals surface area contributed by atoms with Gasteiger partial charge >= 0.3 is 0 Å². The van der Waals surface area contributed by atoms with E-state index in [9.17, 15) is 13.2 Å². The number of para-hydroxylation sites is 1. The molecule has 2 aromatic carbocycles. The molecule has 0 bridgehead atoms. The summed E-state index contributed by atoms with van der Waals surface area (Å²) in [6, 6.07) is 12.6. The van der Waals surface area contributed by atoms with Crippen molar-refractivity contribution in [2.75, 3.05) is 43.1 Å². The summed E-state index contributed by atoms with van der Waals surface area (Å²) in [6.45, 7) is 3.58. The summed E-state index contributed by atoms with van der Waals surface area (Å²) >= 11 is 6.25. The molecule has 2 heterocycles. The summed E-state index contributed by atoms with van der Waals surface area (Å²) < 4.78 is 32.4. The number of benzene rings is 2. The van der Waals surface area contributed by atoms with Gasteiger partial charge in [0.05, 0.1) is 35.4 Å². The average Bonchev–Trinajstić information content (AvgIpc) is 3.05. The zero-order valence-corrected chi connectivity index (χ0v) is 18.2. The van der Waals surface area contributed by atoms with Crippen LogP contribution in [0.2, 0.25) is 5.02 Å². The fourth-order valence-corrected chi connectivity index (χ4v) is 5.51. The molecule has 30 heavy (non-hydrogen) atoms. The quantitative estimate of drug-likeness (QED) is 0.759. The lowest BCUT2D eigenvalue weighted by atomic mass is 10.1. The number of carbonyl (C=O) groups excluding carboxylic acids is 1. The first-order valence-electron chi connectivity index (χ1n) is 9.88. The third-order valence-corrected chi connectivity index (χ3v) is 7.71. The second kappa shape index (κ2) is 8.55. The maximum absolute atomic E-state index is 12.9. The van der Waals surface area contributed by atoms with Crippen molar-refractivity contribution in [3.05, 3.63) is 53.1 Å². The number of halogens is 1. The van der Waals surface area contributed by atoms with Crippen molar-refractivity contribution in [1.29, 1.82) is 0 Å². The number of ether oxygens (including phenoxy) is 1. The van der Waals surface area contributed by atoms with Crippen LogP contribution < -0.4 is 10.2 Å². The molecule has 1 atom stereocenters. The van der Waals surface area contributed by atoms with E-state index >= 15 is 0 Å². The number of sulfonamides is 1. The van der Waals surface area contributed by atoms with Gasteiger partial charge in [0.2, 0.25) is 15.9 Å². The summed E-state index contributed by atoms with van der Waals surface area (Å²) in [5, 5.41) is 3.07. The van der Waals surface area contributed by atoms with Crippen LogP contribution in [0.3, 0.4) is 0 Å². The van der Waals surface area contributed by atoms with Crippen molar-refractivity contribution >= 4 is 38.9 Å². The maximum Gasteiger partial charge on any atom is 0.243 e. The second-order valence-corrected chi connectivity index (χ2v) is 9.86. The zero-order chi connectivity index (χ0) is 21.3. The van der Waals surface area contributed by atoms with Gasteiger partial charge in [0.1, 0.15) is 0 Å². The molecular formula is C21H24ClN3O4S. The highest BCUT2D eigenvalue weighted by atomic mass is 35.5. The fourth-order valence-electron chi connectivity index (χ4n) is 3.91. The molecule has 160 valence electrons. The number of amides is 1. The lowest BCUT2D eigenvalue weighted by molar-refractivity contribution is -0.115. The molecule has 0 aromatic heterocycles. The molecular weight excluding hydrogens is 426 g/mol. The molecule has 1 saturated heterocycles. The number of fused-ring (bicyclic) bond motifs is 1. The number of carbonyl (C=O) groups is 1. The van der Waals surface area contributed by atoms with Crippen LogP contribution in [0, 0.1) is 0 Å². The number of rotatable bonds is 5. The Kier molecular flexibility index (Phi) is 6.02. The molecule has 2 aliphatic rings. The predicted molar refractivity (Wildman–Crippen MR) is 117 cm³/mol. The van der Waals surface area contributed by atoms with Crippen LogP contribution in [-0.4, -0.2) is 57.5 Å². The first-order chi connectivity index (χ1) is 14.4. The van der Waals surface area contributed by atoms with Crippen LogP contribution in [0.25, 0.3) is 0 Å². The SMILES string of the molecule is C[C@@H]1Cc2ccccc2N1CC(=O)Nc1cc(S(=O)(=O)N2CCOCC2)ccc1Cl. The van der Waals surface area contributed by atoms with Gasteiger partial charge in [0.25, 0.3) is 0 Å². The molecule has 4 rings (SSSR count). The Labute approximate surface area is 181 Å². The largest absolute Gasteiger partial charge is 0.379 e. The van der Waals surface area contributed by atoms with Gasteiger partial charge in [-0.15, -0.1) is 0 Å². The van der Waals surface area contributed by atoms with Crippen molar-refractivity contribution in [1.82, 2.24) is 4.31 Å². The molecule has 1 amide bonds. The molecule has 0 aliphatic carbocycles. The van der Waals surface area contributed by atoms with Gasteiger partial charge in [-0.1, -0.05) is 29.8 Å². The minimum atomic E-state index is -3.68. The van der Waals surface area contributed by atoms with E-state index in [-0.39, 0.29) is 29.1 Å². The van der Waals surface area contributed by atoms with Crippen molar-refractivity contribution in [3.8, 4) is 0 Å². The second-order valence-electron chi connectivity index (χ2n) is 7.52. The fraction of sp³-hybridized carbons (Fsp3) is 0.381. The van der Waals surface area contributed by atoms with Crippen molar-refractivity contribution in [2.45, 2.75) is 24.3 Å². The van der Waals surface area contributed by atoms with Gasteiger partial charge in [0.15, 0.2) is 0 Å². The Bertz CT molecular complexity index is 1050. The lowest BCUT2D eigenvalue weighted by Crippen LogP contribution is -2.40. The topological polar surface area (TPSA) is 79.0 Å². The summed E-state index contributed by atoms with van der Waals surface area (Å²) in [6.07, 6.45) is 0.886. The molecule has 2 aromatic rings. The van der Waals surface area contributed by atoms with Crippen LogP contribution in [0.5, 0.6) is 0 Å².